The number of hydrogen-bond donors (Lipinski definition) is 3. The topological polar surface area (TPSA) is 74.5 Å². The highest BCUT2D eigenvalue weighted by Crippen LogP contribution is 2.31. The highest BCUT2D eigenvalue weighted by atomic mass is 35.5. The van der Waals surface area contributed by atoms with Gasteiger partial charge in [-0.2, -0.15) is 0 Å². The summed E-state index contributed by atoms with van der Waals surface area (Å²) in [4.78, 5) is 12.5. The Balaban J connectivity index is 1.48. The van der Waals surface area contributed by atoms with E-state index in [1.165, 1.54) is 0 Å². The maximum atomic E-state index is 12.5. The van der Waals surface area contributed by atoms with Crippen molar-refractivity contribution in [3.8, 4) is 17.1 Å². The third kappa shape index (κ3) is 4.11. The van der Waals surface area contributed by atoms with Crippen LogP contribution in [0, 0.1) is 0 Å². The van der Waals surface area contributed by atoms with Crippen molar-refractivity contribution in [2.24, 2.45) is 0 Å². The Morgan fingerprint density at radius 3 is 2.50 bits per heavy atom. The van der Waals surface area contributed by atoms with Crippen LogP contribution in [0.25, 0.3) is 22.1 Å². The van der Waals surface area contributed by atoms with Crippen LogP contribution in [0.2, 0.25) is 10.0 Å². The van der Waals surface area contributed by atoms with E-state index in [4.69, 9.17) is 39.8 Å². The van der Waals surface area contributed by atoms with Gasteiger partial charge in [0, 0.05) is 22.0 Å². The van der Waals surface area contributed by atoms with Gasteiger partial charge >= 0.3 is 0 Å². The summed E-state index contributed by atoms with van der Waals surface area (Å²) in [6.07, 6.45) is 0. The standard InChI is InChI=1S/C22H14Cl2N2O3S/c23-15-8-7-12(11-16(15)24)19-9-10-20(29-19)21(28)26-22(30)25-17-5-1-4-14-13(17)3-2-6-18(14)27/h1-11,27H,(H2,25,26,28,30). The smallest absolute Gasteiger partial charge is 0.293 e. The van der Waals surface area contributed by atoms with Gasteiger partial charge in [0.05, 0.1) is 10.0 Å². The van der Waals surface area contributed by atoms with Gasteiger partial charge in [0.15, 0.2) is 10.9 Å². The van der Waals surface area contributed by atoms with Gasteiger partial charge in [-0.1, -0.05) is 47.5 Å². The van der Waals surface area contributed by atoms with Crippen LogP contribution in [0.3, 0.4) is 0 Å². The van der Waals surface area contributed by atoms with E-state index in [2.05, 4.69) is 10.6 Å². The second-order valence-corrected chi connectivity index (χ2v) is 7.60. The van der Waals surface area contributed by atoms with Crippen molar-refractivity contribution in [1.29, 1.82) is 0 Å². The zero-order chi connectivity index (χ0) is 21.3. The molecule has 1 heterocycles. The van der Waals surface area contributed by atoms with Crippen molar-refractivity contribution >= 4 is 62.9 Å². The minimum atomic E-state index is -0.498. The lowest BCUT2D eigenvalue weighted by molar-refractivity contribution is 0.0951. The van der Waals surface area contributed by atoms with E-state index >= 15 is 0 Å². The summed E-state index contributed by atoms with van der Waals surface area (Å²) in [5.74, 6) is 0.233. The molecule has 0 aliphatic carbocycles. The van der Waals surface area contributed by atoms with Crippen LogP contribution in [0.4, 0.5) is 5.69 Å². The van der Waals surface area contributed by atoms with Crippen LogP contribution in [0.1, 0.15) is 10.6 Å². The van der Waals surface area contributed by atoms with Crippen LogP contribution < -0.4 is 10.6 Å². The molecular weight excluding hydrogens is 443 g/mol. The Kier molecular flexibility index (Phi) is 5.63. The molecule has 3 N–H and O–H groups in total. The number of thiocarbonyl (C=S) groups is 1. The molecule has 0 bridgehead atoms. The number of furan rings is 1. The molecule has 0 aliphatic heterocycles. The van der Waals surface area contributed by atoms with E-state index in [1.807, 2.05) is 6.07 Å². The van der Waals surface area contributed by atoms with Gasteiger partial charge in [-0.15, -0.1) is 0 Å². The number of fused-ring (bicyclic) bond motifs is 1. The number of carbonyl (C=O) groups is 1. The summed E-state index contributed by atoms with van der Waals surface area (Å²) < 4.78 is 5.63. The van der Waals surface area contributed by atoms with Gasteiger partial charge in [0.2, 0.25) is 0 Å². The summed E-state index contributed by atoms with van der Waals surface area (Å²) in [5, 5.41) is 17.9. The van der Waals surface area contributed by atoms with E-state index in [-0.39, 0.29) is 16.6 Å². The molecular formula is C22H14Cl2N2O3S. The van der Waals surface area contributed by atoms with Gasteiger partial charge in [-0.25, -0.2) is 0 Å². The fourth-order valence-electron chi connectivity index (χ4n) is 2.99. The minimum absolute atomic E-state index is 0.0933. The largest absolute Gasteiger partial charge is 0.507 e. The molecule has 4 aromatic rings. The summed E-state index contributed by atoms with van der Waals surface area (Å²) in [5.41, 5.74) is 1.35. The van der Waals surface area contributed by atoms with E-state index in [0.29, 0.717) is 32.4 Å². The number of halogens is 2. The molecule has 1 aromatic heterocycles. The van der Waals surface area contributed by atoms with Crippen molar-refractivity contribution in [3.05, 3.63) is 82.5 Å². The molecule has 0 fully saturated rings. The fourth-order valence-corrected chi connectivity index (χ4v) is 3.49. The Hall–Kier alpha value is -3.06. The van der Waals surface area contributed by atoms with Crippen molar-refractivity contribution < 1.29 is 14.3 Å². The first kappa shape index (κ1) is 20.2. The average Bonchev–Trinajstić information content (AvgIpc) is 3.21. The molecule has 0 saturated carbocycles. The first-order chi connectivity index (χ1) is 14.4. The lowest BCUT2D eigenvalue weighted by Crippen LogP contribution is -2.33. The first-order valence-corrected chi connectivity index (χ1v) is 9.97. The molecule has 8 heteroatoms. The number of benzene rings is 3. The lowest BCUT2D eigenvalue weighted by Gasteiger charge is -2.11. The highest BCUT2D eigenvalue weighted by Gasteiger charge is 2.15. The predicted molar refractivity (Wildman–Crippen MR) is 123 cm³/mol. The number of phenols is 1. The van der Waals surface area contributed by atoms with Crippen LogP contribution >= 0.6 is 35.4 Å². The Bertz CT molecular complexity index is 1290. The average molecular weight is 457 g/mol. The number of carbonyl (C=O) groups excluding carboxylic acids is 1. The third-order valence-electron chi connectivity index (χ3n) is 4.41. The zero-order valence-corrected chi connectivity index (χ0v) is 17.6. The molecule has 0 unspecified atom stereocenters. The van der Waals surface area contributed by atoms with Crippen LogP contribution in [0.15, 0.2) is 71.1 Å². The number of anilines is 1. The Morgan fingerprint density at radius 2 is 1.70 bits per heavy atom. The van der Waals surface area contributed by atoms with Gasteiger partial charge in [0.25, 0.3) is 5.91 Å². The minimum Gasteiger partial charge on any atom is -0.507 e. The van der Waals surface area contributed by atoms with E-state index in [1.54, 1.807) is 60.7 Å². The lowest BCUT2D eigenvalue weighted by atomic mass is 10.1. The summed E-state index contributed by atoms with van der Waals surface area (Å²) in [6.45, 7) is 0. The second kappa shape index (κ2) is 8.36. The number of aromatic hydroxyl groups is 1. The third-order valence-corrected chi connectivity index (χ3v) is 5.35. The highest BCUT2D eigenvalue weighted by molar-refractivity contribution is 7.80. The summed E-state index contributed by atoms with van der Waals surface area (Å²) in [7, 11) is 0. The predicted octanol–water partition coefficient (Wildman–Crippen LogP) is 6.24. The normalized spacial score (nSPS) is 10.7. The van der Waals surface area contributed by atoms with Crippen LogP contribution in [0.5, 0.6) is 5.75 Å². The van der Waals surface area contributed by atoms with Gasteiger partial charge in [0.1, 0.15) is 11.5 Å². The SMILES string of the molecule is O=C(NC(=S)Nc1cccc2c(O)cccc12)c1ccc(-c2ccc(Cl)c(Cl)c2)o1. The molecule has 30 heavy (non-hydrogen) atoms. The van der Waals surface area contributed by atoms with Gasteiger partial charge < -0.3 is 14.8 Å². The Morgan fingerprint density at radius 1 is 0.933 bits per heavy atom. The van der Waals surface area contributed by atoms with E-state index in [9.17, 15) is 9.90 Å². The van der Waals surface area contributed by atoms with Crippen molar-refractivity contribution in [1.82, 2.24) is 5.32 Å². The number of rotatable bonds is 3. The molecule has 0 radical (unpaired) electrons. The van der Waals surface area contributed by atoms with Gasteiger partial charge in [-0.05, 0) is 54.7 Å². The maximum Gasteiger partial charge on any atom is 0.293 e. The molecule has 4 rings (SSSR count). The van der Waals surface area contributed by atoms with Crippen LogP contribution in [-0.2, 0) is 0 Å². The van der Waals surface area contributed by atoms with Crippen molar-refractivity contribution in [3.63, 3.8) is 0 Å². The monoisotopic (exact) mass is 456 g/mol. The maximum absolute atomic E-state index is 12.5. The molecule has 3 aromatic carbocycles. The fraction of sp³-hybridized carbons (Fsp3) is 0. The van der Waals surface area contributed by atoms with E-state index in [0.717, 1.165) is 5.39 Å². The van der Waals surface area contributed by atoms with Crippen molar-refractivity contribution in [2.75, 3.05) is 5.32 Å². The molecule has 0 aliphatic rings. The number of amides is 1. The molecule has 0 saturated heterocycles. The zero-order valence-electron chi connectivity index (χ0n) is 15.3. The molecule has 150 valence electrons. The molecule has 5 nitrogen and oxygen atoms in total. The summed E-state index contributed by atoms with van der Waals surface area (Å²) in [6, 6.07) is 18.8. The molecule has 0 spiro atoms. The van der Waals surface area contributed by atoms with E-state index < -0.39 is 5.91 Å². The summed E-state index contributed by atoms with van der Waals surface area (Å²) >= 11 is 17.2. The number of nitrogens with one attached hydrogen (secondary N) is 2. The van der Waals surface area contributed by atoms with Crippen LogP contribution in [-0.4, -0.2) is 16.1 Å². The quantitative estimate of drug-likeness (QED) is 0.318. The molecule has 0 atom stereocenters. The van der Waals surface area contributed by atoms with Crippen molar-refractivity contribution in [2.45, 2.75) is 0 Å². The number of phenolic OH excluding ortho intramolecular Hbond substituents is 1. The van der Waals surface area contributed by atoms with Gasteiger partial charge in [-0.3, -0.25) is 10.1 Å². The molecule has 1 amide bonds. The second-order valence-electron chi connectivity index (χ2n) is 6.38. The number of hydrogen-bond acceptors (Lipinski definition) is 4. The Labute approximate surface area is 187 Å². The first-order valence-electron chi connectivity index (χ1n) is 8.80.